The molecule has 0 atom stereocenters. The molecule has 3 rings (SSSR count). The van der Waals surface area contributed by atoms with Crippen LogP contribution in [0.15, 0.2) is 66.8 Å². The second kappa shape index (κ2) is 6.96. The van der Waals surface area contributed by atoms with Crippen LogP contribution in [0.2, 0.25) is 0 Å². The number of carbonyl (C=O) groups excluding carboxylic acids is 2. The van der Waals surface area contributed by atoms with Gasteiger partial charge in [-0.25, -0.2) is 4.79 Å². The summed E-state index contributed by atoms with van der Waals surface area (Å²) in [6.07, 6.45) is 7.08. The number of fused-ring (bicyclic) bond motifs is 1. The van der Waals surface area contributed by atoms with Crippen LogP contribution in [0.4, 0.5) is 10.5 Å². The summed E-state index contributed by atoms with van der Waals surface area (Å²) >= 11 is 0. The molecule has 2 amide bonds. The van der Waals surface area contributed by atoms with Crippen LogP contribution in [-0.2, 0) is 6.54 Å². The van der Waals surface area contributed by atoms with Gasteiger partial charge in [0.15, 0.2) is 5.78 Å². The molecule has 1 aliphatic heterocycles. The minimum Gasteiger partial charge on any atom is -0.323 e. The summed E-state index contributed by atoms with van der Waals surface area (Å²) in [5, 5.41) is 2.79. The van der Waals surface area contributed by atoms with Crippen LogP contribution < -0.4 is 5.32 Å². The van der Waals surface area contributed by atoms with Crippen molar-refractivity contribution in [3.05, 3.63) is 83.4 Å². The Morgan fingerprint density at radius 1 is 1.12 bits per heavy atom. The van der Waals surface area contributed by atoms with Crippen molar-refractivity contribution in [3.63, 3.8) is 0 Å². The lowest BCUT2D eigenvalue weighted by atomic mass is 10.0. The van der Waals surface area contributed by atoms with Gasteiger partial charge >= 0.3 is 6.03 Å². The molecule has 0 bridgehead atoms. The van der Waals surface area contributed by atoms with Gasteiger partial charge in [0.25, 0.3) is 0 Å². The Morgan fingerprint density at radius 3 is 2.71 bits per heavy atom. The van der Waals surface area contributed by atoms with Gasteiger partial charge in [0, 0.05) is 24.8 Å². The highest BCUT2D eigenvalue weighted by Gasteiger charge is 2.19. The van der Waals surface area contributed by atoms with Gasteiger partial charge in [-0.05, 0) is 35.4 Å². The van der Waals surface area contributed by atoms with Crippen LogP contribution in [0.3, 0.4) is 0 Å². The van der Waals surface area contributed by atoms with Crippen molar-refractivity contribution in [1.29, 1.82) is 0 Å². The number of ketones is 1. The van der Waals surface area contributed by atoms with Crippen molar-refractivity contribution in [3.8, 4) is 0 Å². The van der Waals surface area contributed by atoms with Crippen molar-refractivity contribution in [1.82, 2.24) is 4.90 Å². The maximum atomic E-state index is 12.3. The number of anilines is 1. The first-order valence-corrected chi connectivity index (χ1v) is 7.72. The number of hydrogen-bond acceptors (Lipinski definition) is 2. The Morgan fingerprint density at radius 2 is 1.92 bits per heavy atom. The summed E-state index contributed by atoms with van der Waals surface area (Å²) in [6, 6.07) is 15.1. The van der Waals surface area contributed by atoms with E-state index in [0.717, 1.165) is 16.8 Å². The zero-order valence-electron chi connectivity index (χ0n) is 13.4. The molecule has 4 nitrogen and oxygen atoms in total. The van der Waals surface area contributed by atoms with Crippen molar-refractivity contribution in [2.75, 3.05) is 12.4 Å². The molecule has 1 heterocycles. The fourth-order valence-electron chi connectivity index (χ4n) is 2.51. The van der Waals surface area contributed by atoms with Crippen molar-refractivity contribution < 1.29 is 9.59 Å². The lowest BCUT2D eigenvalue weighted by molar-refractivity contribution is 0.104. The third-order valence-electron chi connectivity index (χ3n) is 3.83. The van der Waals surface area contributed by atoms with E-state index in [1.54, 1.807) is 36.2 Å². The van der Waals surface area contributed by atoms with E-state index in [0.29, 0.717) is 12.1 Å². The molecule has 0 fully saturated rings. The first kappa shape index (κ1) is 15.7. The second-order valence-electron chi connectivity index (χ2n) is 5.65. The van der Waals surface area contributed by atoms with E-state index in [9.17, 15) is 9.59 Å². The smallest absolute Gasteiger partial charge is 0.321 e. The van der Waals surface area contributed by atoms with Gasteiger partial charge < -0.3 is 10.2 Å². The summed E-state index contributed by atoms with van der Waals surface area (Å²) in [5.41, 5.74) is 3.41. The Hall–Kier alpha value is -3.14. The number of nitrogens with zero attached hydrogens (tertiary/aromatic N) is 1. The third kappa shape index (κ3) is 3.60. The average molecular weight is 318 g/mol. The Labute approximate surface area is 141 Å². The molecular formula is C20H18N2O2. The van der Waals surface area contributed by atoms with E-state index in [2.05, 4.69) is 5.32 Å². The molecule has 120 valence electrons. The molecule has 1 aliphatic rings. The maximum absolute atomic E-state index is 12.3. The quantitative estimate of drug-likeness (QED) is 0.524. The molecule has 0 saturated carbocycles. The number of amides is 2. The van der Waals surface area contributed by atoms with Crippen LogP contribution >= 0.6 is 0 Å². The summed E-state index contributed by atoms with van der Waals surface area (Å²) in [7, 11) is 1.72. The molecule has 2 aromatic carbocycles. The van der Waals surface area contributed by atoms with Crippen molar-refractivity contribution in [2.24, 2.45) is 0 Å². The van der Waals surface area contributed by atoms with E-state index in [-0.39, 0.29) is 11.8 Å². The predicted molar refractivity (Wildman–Crippen MR) is 95.9 cm³/mol. The number of allylic oxidation sites excluding steroid dienone is 3. The summed E-state index contributed by atoms with van der Waals surface area (Å²) in [6.45, 7) is 0.500. The molecule has 4 heteroatoms. The molecule has 1 N–H and O–H groups in total. The van der Waals surface area contributed by atoms with E-state index in [1.807, 2.05) is 48.6 Å². The third-order valence-corrected chi connectivity index (χ3v) is 3.83. The fourth-order valence-corrected chi connectivity index (χ4v) is 2.51. The van der Waals surface area contributed by atoms with Gasteiger partial charge in [-0.2, -0.15) is 0 Å². The minimum absolute atomic E-state index is 0.0601. The molecule has 2 aromatic rings. The van der Waals surface area contributed by atoms with E-state index in [1.165, 1.54) is 0 Å². The predicted octanol–water partition coefficient (Wildman–Crippen LogP) is 4.12. The van der Waals surface area contributed by atoms with Gasteiger partial charge in [0.2, 0.25) is 0 Å². The summed E-state index contributed by atoms with van der Waals surface area (Å²) in [5.74, 6) is -0.0601. The minimum atomic E-state index is -0.132. The van der Waals surface area contributed by atoms with Gasteiger partial charge in [-0.1, -0.05) is 48.6 Å². The highest BCUT2D eigenvalue weighted by Crippen LogP contribution is 2.24. The van der Waals surface area contributed by atoms with Crippen LogP contribution in [0.5, 0.6) is 0 Å². The average Bonchev–Trinajstić information content (AvgIpc) is 2.60. The zero-order valence-corrected chi connectivity index (χ0v) is 13.4. The van der Waals surface area contributed by atoms with Gasteiger partial charge in [0.05, 0.1) is 0 Å². The Balaban J connectivity index is 1.69. The normalized spacial score (nSPS) is 14.0. The van der Waals surface area contributed by atoms with E-state index >= 15 is 0 Å². The first-order valence-electron chi connectivity index (χ1n) is 7.72. The lowest BCUT2D eigenvalue weighted by Gasteiger charge is -2.26. The largest absolute Gasteiger partial charge is 0.323 e. The second-order valence-corrected chi connectivity index (χ2v) is 5.65. The number of benzene rings is 2. The van der Waals surface area contributed by atoms with Crippen molar-refractivity contribution >= 4 is 23.6 Å². The van der Waals surface area contributed by atoms with Crippen LogP contribution in [0, 0.1) is 0 Å². The molecule has 0 aliphatic carbocycles. The number of nitrogens with one attached hydrogen (secondary N) is 1. The fraction of sp³-hybridized carbons (Fsp3) is 0.100. The number of carbonyl (C=O) groups is 2. The molecule has 0 unspecified atom stereocenters. The highest BCUT2D eigenvalue weighted by atomic mass is 16.2. The SMILES string of the molecule is CN1Cc2cc(C(=O)/C=C/C=C\c3ccccc3)ccc2NC1=O. The lowest BCUT2D eigenvalue weighted by Crippen LogP contribution is -2.35. The zero-order chi connectivity index (χ0) is 16.9. The van der Waals surface area contributed by atoms with E-state index < -0.39 is 0 Å². The van der Waals surface area contributed by atoms with E-state index in [4.69, 9.17) is 0 Å². The first-order chi connectivity index (χ1) is 11.6. The summed E-state index contributed by atoms with van der Waals surface area (Å²) in [4.78, 5) is 25.4. The van der Waals surface area contributed by atoms with Gasteiger partial charge in [-0.15, -0.1) is 0 Å². The van der Waals surface area contributed by atoms with Crippen molar-refractivity contribution in [2.45, 2.75) is 6.54 Å². The molecule has 24 heavy (non-hydrogen) atoms. The molecule has 0 spiro atoms. The molecule has 0 radical (unpaired) electrons. The van der Waals surface area contributed by atoms with Gasteiger partial charge in [0.1, 0.15) is 0 Å². The van der Waals surface area contributed by atoms with Crippen LogP contribution in [0.25, 0.3) is 6.08 Å². The maximum Gasteiger partial charge on any atom is 0.321 e. The standard InChI is InChI=1S/C20H18N2O2/c1-22-14-17-13-16(11-12-18(17)21-20(22)24)19(23)10-6-5-9-15-7-3-2-4-8-15/h2-13H,14H2,1H3,(H,21,24)/b9-5-,10-6+. The van der Waals surface area contributed by atoms with Crippen LogP contribution in [-0.4, -0.2) is 23.8 Å². The Kier molecular flexibility index (Phi) is 4.57. The van der Waals surface area contributed by atoms with Crippen LogP contribution in [0.1, 0.15) is 21.5 Å². The number of hydrogen-bond donors (Lipinski definition) is 1. The molecule has 0 saturated heterocycles. The highest BCUT2D eigenvalue weighted by molar-refractivity contribution is 6.05. The Bertz CT molecular complexity index is 823. The molecule has 0 aromatic heterocycles. The summed E-state index contributed by atoms with van der Waals surface area (Å²) < 4.78 is 0. The number of urea groups is 1. The monoisotopic (exact) mass is 318 g/mol. The molecular weight excluding hydrogens is 300 g/mol. The number of rotatable bonds is 4. The van der Waals surface area contributed by atoms with Gasteiger partial charge in [-0.3, -0.25) is 4.79 Å². The topological polar surface area (TPSA) is 49.4 Å².